The fourth-order valence-electron chi connectivity index (χ4n) is 3.59. The van der Waals surface area contributed by atoms with Crippen LogP contribution in [0.25, 0.3) is 0 Å². The number of nitrogens with zero attached hydrogens (tertiary/aromatic N) is 2. The van der Waals surface area contributed by atoms with Gasteiger partial charge >= 0.3 is 0 Å². The van der Waals surface area contributed by atoms with Crippen molar-refractivity contribution in [2.45, 2.75) is 71.9 Å². The first-order valence-electron chi connectivity index (χ1n) is 7.63. The molecule has 1 aromatic rings. The van der Waals surface area contributed by atoms with Gasteiger partial charge in [0, 0.05) is 18.3 Å². The lowest BCUT2D eigenvalue weighted by atomic mass is 9.62. The summed E-state index contributed by atoms with van der Waals surface area (Å²) in [6.45, 7) is 9.80. The average molecular weight is 264 g/mol. The maximum atomic E-state index is 11.3. The topological polar surface area (TPSA) is 38.0 Å². The Labute approximate surface area is 117 Å². The fraction of sp³-hybridized carbons (Fsp3) is 0.812. The van der Waals surface area contributed by atoms with Gasteiger partial charge in [0.1, 0.15) is 0 Å². The van der Waals surface area contributed by atoms with E-state index in [0.717, 1.165) is 37.8 Å². The summed E-state index contributed by atoms with van der Waals surface area (Å²) in [5, 5.41) is 15.7. The van der Waals surface area contributed by atoms with Gasteiger partial charge in [0.15, 0.2) is 0 Å². The normalized spacial score (nSPS) is 28.6. The van der Waals surface area contributed by atoms with Crippen LogP contribution in [-0.4, -0.2) is 14.9 Å². The van der Waals surface area contributed by atoms with Crippen LogP contribution in [0, 0.1) is 11.3 Å². The molecule has 0 aromatic carbocycles. The van der Waals surface area contributed by atoms with Crippen molar-refractivity contribution in [2.75, 3.05) is 0 Å². The van der Waals surface area contributed by atoms with E-state index in [0.29, 0.717) is 5.92 Å². The van der Waals surface area contributed by atoms with Gasteiger partial charge in [-0.05, 0) is 30.6 Å². The van der Waals surface area contributed by atoms with E-state index in [1.54, 1.807) is 0 Å². The predicted molar refractivity (Wildman–Crippen MR) is 77.8 cm³/mol. The van der Waals surface area contributed by atoms with Crippen molar-refractivity contribution in [3.05, 3.63) is 18.0 Å². The Kier molecular flexibility index (Phi) is 4.05. The number of aliphatic hydroxyl groups is 1. The van der Waals surface area contributed by atoms with Gasteiger partial charge in [0.2, 0.25) is 0 Å². The molecule has 19 heavy (non-hydrogen) atoms. The highest BCUT2D eigenvalue weighted by Gasteiger charge is 2.46. The molecule has 1 N–H and O–H groups in total. The summed E-state index contributed by atoms with van der Waals surface area (Å²) in [5.41, 5.74) is 0.449. The number of aromatic nitrogens is 2. The first-order chi connectivity index (χ1) is 8.88. The van der Waals surface area contributed by atoms with E-state index in [9.17, 15) is 5.11 Å². The molecule has 0 saturated heterocycles. The van der Waals surface area contributed by atoms with Crippen molar-refractivity contribution in [1.29, 1.82) is 0 Å². The number of hydrogen-bond acceptors (Lipinski definition) is 2. The molecule has 1 aliphatic rings. The molecule has 0 amide bonds. The summed E-state index contributed by atoms with van der Waals surface area (Å²) in [4.78, 5) is 0. The second-order valence-electron chi connectivity index (χ2n) is 7.08. The molecule has 0 spiro atoms. The third-order valence-electron chi connectivity index (χ3n) is 4.51. The molecule has 3 heteroatoms. The second-order valence-corrected chi connectivity index (χ2v) is 7.08. The van der Waals surface area contributed by atoms with E-state index in [2.05, 4.69) is 32.8 Å². The van der Waals surface area contributed by atoms with Crippen LogP contribution in [0.5, 0.6) is 0 Å². The van der Waals surface area contributed by atoms with Crippen LogP contribution < -0.4 is 0 Å². The Bertz CT molecular complexity index is 419. The standard InChI is InChI=1S/C16H28N2O/c1-5-10-18-12-13(11-17-18)16(19)9-7-6-8-14(16)15(2,3)4/h11-12,14,19H,5-10H2,1-4H3. The first-order valence-corrected chi connectivity index (χ1v) is 7.63. The number of rotatable bonds is 3. The zero-order chi connectivity index (χ0) is 14.1. The molecule has 0 radical (unpaired) electrons. The quantitative estimate of drug-likeness (QED) is 0.903. The van der Waals surface area contributed by atoms with Crippen LogP contribution in [0.3, 0.4) is 0 Å². The fourth-order valence-corrected chi connectivity index (χ4v) is 3.59. The van der Waals surface area contributed by atoms with Crippen LogP contribution in [0.2, 0.25) is 0 Å². The highest BCUT2D eigenvalue weighted by atomic mass is 16.3. The highest BCUT2D eigenvalue weighted by Crippen LogP contribution is 2.49. The molecule has 2 atom stereocenters. The van der Waals surface area contributed by atoms with Gasteiger partial charge in [0.05, 0.1) is 11.8 Å². The van der Waals surface area contributed by atoms with Crippen LogP contribution in [-0.2, 0) is 12.1 Å². The Morgan fingerprint density at radius 2 is 2.16 bits per heavy atom. The first kappa shape index (κ1) is 14.6. The lowest BCUT2D eigenvalue weighted by molar-refractivity contribution is -0.0960. The molecule has 0 bridgehead atoms. The molecule has 2 rings (SSSR count). The lowest BCUT2D eigenvalue weighted by Crippen LogP contribution is -2.44. The largest absolute Gasteiger partial charge is 0.385 e. The molecule has 108 valence electrons. The van der Waals surface area contributed by atoms with Crippen molar-refractivity contribution < 1.29 is 5.11 Å². The van der Waals surface area contributed by atoms with Crippen molar-refractivity contribution in [2.24, 2.45) is 11.3 Å². The molecule has 1 aromatic heterocycles. The van der Waals surface area contributed by atoms with Gasteiger partial charge in [0.25, 0.3) is 0 Å². The smallest absolute Gasteiger partial charge is 0.0959 e. The van der Waals surface area contributed by atoms with Crippen molar-refractivity contribution in [3.8, 4) is 0 Å². The number of aryl methyl sites for hydroxylation is 1. The molecular formula is C16H28N2O. The third kappa shape index (κ3) is 2.86. The maximum absolute atomic E-state index is 11.3. The summed E-state index contributed by atoms with van der Waals surface area (Å²) in [6.07, 6.45) is 9.32. The van der Waals surface area contributed by atoms with Gasteiger partial charge < -0.3 is 5.11 Å². The highest BCUT2D eigenvalue weighted by molar-refractivity contribution is 5.19. The van der Waals surface area contributed by atoms with Crippen molar-refractivity contribution in [3.63, 3.8) is 0 Å². The van der Waals surface area contributed by atoms with Crippen molar-refractivity contribution in [1.82, 2.24) is 9.78 Å². The molecule has 2 unspecified atom stereocenters. The van der Waals surface area contributed by atoms with E-state index in [4.69, 9.17) is 0 Å². The Morgan fingerprint density at radius 3 is 2.79 bits per heavy atom. The summed E-state index contributed by atoms with van der Waals surface area (Å²) in [6, 6.07) is 0. The minimum absolute atomic E-state index is 0.127. The molecule has 1 saturated carbocycles. The zero-order valence-corrected chi connectivity index (χ0v) is 12.8. The van der Waals surface area contributed by atoms with Gasteiger partial charge in [-0.1, -0.05) is 40.5 Å². The van der Waals surface area contributed by atoms with Crippen LogP contribution >= 0.6 is 0 Å². The second kappa shape index (κ2) is 5.28. The van der Waals surface area contributed by atoms with Gasteiger partial charge in [-0.25, -0.2) is 0 Å². The average Bonchev–Trinajstić information content (AvgIpc) is 2.78. The zero-order valence-electron chi connectivity index (χ0n) is 12.8. The van der Waals surface area contributed by atoms with Gasteiger partial charge in [-0.2, -0.15) is 5.10 Å². The molecule has 1 aliphatic carbocycles. The van der Waals surface area contributed by atoms with Crippen LogP contribution in [0.1, 0.15) is 65.4 Å². The van der Waals surface area contributed by atoms with Gasteiger partial charge in [-0.15, -0.1) is 0 Å². The van der Waals surface area contributed by atoms with E-state index >= 15 is 0 Å². The molecule has 1 heterocycles. The Balaban J connectivity index is 2.31. The summed E-state index contributed by atoms with van der Waals surface area (Å²) >= 11 is 0. The van der Waals surface area contributed by atoms with Crippen LogP contribution in [0.15, 0.2) is 12.4 Å². The minimum atomic E-state index is -0.692. The molecule has 3 nitrogen and oxygen atoms in total. The third-order valence-corrected chi connectivity index (χ3v) is 4.51. The van der Waals surface area contributed by atoms with E-state index in [1.807, 2.05) is 17.1 Å². The molecule has 1 fully saturated rings. The summed E-state index contributed by atoms with van der Waals surface area (Å²) in [7, 11) is 0. The lowest BCUT2D eigenvalue weighted by Gasteiger charge is -2.46. The molecular weight excluding hydrogens is 236 g/mol. The minimum Gasteiger partial charge on any atom is -0.385 e. The SMILES string of the molecule is CCCn1cc(C2(O)CCCCC2C(C)(C)C)cn1. The summed E-state index contributed by atoms with van der Waals surface area (Å²) < 4.78 is 1.96. The Hall–Kier alpha value is -0.830. The van der Waals surface area contributed by atoms with Crippen molar-refractivity contribution >= 4 is 0 Å². The Morgan fingerprint density at radius 1 is 1.42 bits per heavy atom. The van der Waals surface area contributed by atoms with E-state index in [1.165, 1.54) is 6.42 Å². The van der Waals surface area contributed by atoms with Gasteiger partial charge in [-0.3, -0.25) is 4.68 Å². The molecule has 0 aliphatic heterocycles. The number of hydrogen-bond donors (Lipinski definition) is 1. The monoisotopic (exact) mass is 264 g/mol. The summed E-state index contributed by atoms with van der Waals surface area (Å²) in [5.74, 6) is 0.313. The van der Waals surface area contributed by atoms with E-state index < -0.39 is 5.60 Å². The van der Waals surface area contributed by atoms with E-state index in [-0.39, 0.29) is 5.41 Å². The maximum Gasteiger partial charge on any atom is 0.0959 e. The predicted octanol–water partition coefficient (Wildman–Crippen LogP) is 3.72. The van der Waals surface area contributed by atoms with Crippen LogP contribution in [0.4, 0.5) is 0 Å².